The van der Waals surface area contributed by atoms with Crippen molar-refractivity contribution in [3.05, 3.63) is 77.5 Å². The quantitative estimate of drug-likeness (QED) is 0.722. The number of hydrogen-bond donors (Lipinski definition) is 2. The zero-order valence-electron chi connectivity index (χ0n) is 13.0. The van der Waals surface area contributed by atoms with E-state index in [4.69, 9.17) is 0 Å². The zero-order chi connectivity index (χ0) is 17.6. The number of halogens is 2. The molecule has 1 aromatic heterocycles. The highest BCUT2D eigenvalue weighted by Crippen LogP contribution is 2.17. The van der Waals surface area contributed by atoms with Crippen LogP contribution in [0, 0.1) is 23.5 Å². The molecule has 1 heterocycles. The van der Waals surface area contributed by atoms with Gasteiger partial charge in [-0.1, -0.05) is 24.0 Å². The number of carbonyl (C=O) groups excluding carboxylic acids is 1. The van der Waals surface area contributed by atoms with Crippen molar-refractivity contribution in [3.63, 3.8) is 0 Å². The molecule has 0 saturated carbocycles. The summed E-state index contributed by atoms with van der Waals surface area (Å²) in [6.07, 6.45) is 0. The summed E-state index contributed by atoms with van der Waals surface area (Å²) in [4.78, 5) is 12.0. The third kappa shape index (κ3) is 4.09. The van der Waals surface area contributed by atoms with Crippen molar-refractivity contribution >= 4 is 5.91 Å². The summed E-state index contributed by atoms with van der Waals surface area (Å²) in [6.45, 7) is 0.0675. The molecule has 0 aliphatic carbocycles. The summed E-state index contributed by atoms with van der Waals surface area (Å²) in [5.41, 5.74) is 1.75. The van der Waals surface area contributed by atoms with Crippen molar-refractivity contribution in [2.24, 2.45) is 0 Å². The van der Waals surface area contributed by atoms with E-state index < -0.39 is 5.82 Å². The standard InChI is InChI=1S/C19H13F2N3O/c20-15-9-7-14(8-10-15)17-12-18(24-23-17)19(25)22-11-3-5-13-4-1-2-6-16(13)21/h1-2,4,6-10,12H,11H2,(H,22,25)(H,23,24). The lowest BCUT2D eigenvalue weighted by Crippen LogP contribution is -2.23. The lowest BCUT2D eigenvalue weighted by atomic mass is 10.1. The minimum atomic E-state index is -0.404. The first-order chi connectivity index (χ1) is 12.1. The molecule has 1 amide bonds. The maximum atomic E-state index is 13.4. The minimum Gasteiger partial charge on any atom is -0.340 e. The Morgan fingerprint density at radius 3 is 2.64 bits per heavy atom. The van der Waals surface area contributed by atoms with Crippen LogP contribution in [0.15, 0.2) is 54.6 Å². The molecule has 25 heavy (non-hydrogen) atoms. The molecule has 0 aliphatic rings. The second kappa shape index (κ2) is 7.41. The van der Waals surface area contributed by atoms with Crippen molar-refractivity contribution in [1.29, 1.82) is 0 Å². The topological polar surface area (TPSA) is 57.8 Å². The van der Waals surface area contributed by atoms with Gasteiger partial charge in [0.15, 0.2) is 0 Å². The van der Waals surface area contributed by atoms with Crippen LogP contribution in [0.3, 0.4) is 0 Å². The summed E-state index contributed by atoms with van der Waals surface area (Å²) in [5.74, 6) is 4.21. The van der Waals surface area contributed by atoms with E-state index >= 15 is 0 Å². The molecule has 2 N–H and O–H groups in total. The van der Waals surface area contributed by atoms with Crippen molar-refractivity contribution < 1.29 is 13.6 Å². The molecule has 0 radical (unpaired) electrons. The number of amides is 1. The van der Waals surface area contributed by atoms with Crippen LogP contribution in [0.2, 0.25) is 0 Å². The third-order valence-electron chi connectivity index (χ3n) is 3.40. The van der Waals surface area contributed by atoms with E-state index in [-0.39, 0.29) is 29.5 Å². The molecule has 3 aromatic rings. The summed E-state index contributed by atoms with van der Waals surface area (Å²) >= 11 is 0. The number of hydrogen-bond acceptors (Lipinski definition) is 2. The second-order valence-electron chi connectivity index (χ2n) is 5.14. The number of carbonyl (C=O) groups is 1. The van der Waals surface area contributed by atoms with Crippen molar-refractivity contribution in [3.8, 4) is 23.1 Å². The van der Waals surface area contributed by atoms with E-state index in [9.17, 15) is 13.6 Å². The van der Waals surface area contributed by atoms with Gasteiger partial charge in [-0.05, 0) is 42.5 Å². The summed E-state index contributed by atoms with van der Waals surface area (Å²) < 4.78 is 26.3. The average Bonchev–Trinajstić information content (AvgIpc) is 3.11. The van der Waals surface area contributed by atoms with E-state index in [0.717, 1.165) is 0 Å². The number of benzene rings is 2. The average molecular weight is 337 g/mol. The predicted octanol–water partition coefficient (Wildman–Crippen LogP) is 3.14. The fourth-order valence-electron chi connectivity index (χ4n) is 2.13. The maximum Gasteiger partial charge on any atom is 0.270 e. The largest absolute Gasteiger partial charge is 0.340 e. The van der Waals surface area contributed by atoms with Crippen LogP contribution < -0.4 is 5.32 Å². The Labute approximate surface area is 142 Å². The van der Waals surface area contributed by atoms with Crippen LogP contribution in [0.4, 0.5) is 8.78 Å². The molecular formula is C19H13F2N3O. The van der Waals surface area contributed by atoms with Gasteiger partial charge in [0.25, 0.3) is 5.91 Å². The number of aromatic nitrogens is 2. The monoisotopic (exact) mass is 337 g/mol. The summed E-state index contributed by atoms with van der Waals surface area (Å²) in [6, 6.07) is 13.5. The van der Waals surface area contributed by atoms with Crippen molar-refractivity contribution in [2.75, 3.05) is 6.54 Å². The first kappa shape index (κ1) is 16.4. The number of H-pyrrole nitrogens is 1. The fraction of sp³-hybridized carbons (Fsp3) is 0.0526. The second-order valence-corrected chi connectivity index (χ2v) is 5.14. The van der Waals surface area contributed by atoms with Gasteiger partial charge in [0.1, 0.15) is 17.3 Å². The molecule has 0 atom stereocenters. The van der Waals surface area contributed by atoms with Gasteiger partial charge < -0.3 is 5.32 Å². The van der Waals surface area contributed by atoms with Crippen LogP contribution in [0.25, 0.3) is 11.3 Å². The maximum absolute atomic E-state index is 13.4. The Hall–Kier alpha value is -3.46. The number of aromatic amines is 1. The predicted molar refractivity (Wildman–Crippen MR) is 89.6 cm³/mol. The molecule has 0 saturated heterocycles. The summed E-state index contributed by atoms with van der Waals surface area (Å²) in [7, 11) is 0. The lowest BCUT2D eigenvalue weighted by molar-refractivity contribution is 0.0953. The van der Waals surface area contributed by atoms with Crippen molar-refractivity contribution in [1.82, 2.24) is 15.5 Å². The zero-order valence-corrected chi connectivity index (χ0v) is 13.0. The summed E-state index contributed by atoms with van der Waals surface area (Å²) in [5, 5.41) is 9.25. The molecule has 0 unspecified atom stereocenters. The van der Waals surface area contributed by atoms with Crippen LogP contribution in [0.5, 0.6) is 0 Å². The Morgan fingerprint density at radius 2 is 1.88 bits per heavy atom. The van der Waals surface area contributed by atoms with Crippen LogP contribution >= 0.6 is 0 Å². The van der Waals surface area contributed by atoms with Gasteiger partial charge in [-0.3, -0.25) is 9.89 Å². The van der Waals surface area contributed by atoms with Gasteiger partial charge in [0, 0.05) is 5.56 Å². The van der Waals surface area contributed by atoms with Crippen LogP contribution in [-0.4, -0.2) is 22.6 Å². The van der Waals surface area contributed by atoms with Crippen LogP contribution in [-0.2, 0) is 0 Å². The molecule has 0 aliphatic heterocycles. The number of nitrogens with zero attached hydrogens (tertiary/aromatic N) is 1. The van der Waals surface area contributed by atoms with Gasteiger partial charge in [-0.15, -0.1) is 0 Å². The SMILES string of the molecule is O=C(NCC#Cc1ccccc1F)c1cc(-c2ccc(F)cc2)n[nH]1. The molecular weight excluding hydrogens is 324 g/mol. The Kier molecular flexibility index (Phi) is 4.86. The number of rotatable bonds is 3. The fourth-order valence-corrected chi connectivity index (χ4v) is 2.13. The highest BCUT2D eigenvalue weighted by Gasteiger charge is 2.10. The Balaban J connectivity index is 1.61. The lowest BCUT2D eigenvalue weighted by Gasteiger charge is -1.97. The minimum absolute atomic E-state index is 0.0675. The molecule has 124 valence electrons. The van der Waals surface area contributed by atoms with Gasteiger partial charge in [0.05, 0.1) is 17.8 Å². The molecule has 6 heteroatoms. The van der Waals surface area contributed by atoms with E-state index in [1.54, 1.807) is 36.4 Å². The number of nitrogens with one attached hydrogen (secondary N) is 2. The molecule has 4 nitrogen and oxygen atoms in total. The molecule has 0 fully saturated rings. The molecule has 2 aromatic carbocycles. The van der Waals surface area contributed by atoms with Crippen LogP contribution in [0.1, 0.15) is 16.1 Å². The smallest absolute Gasteiger partial charge is 0.270 e. The highest BCUT2D eigenvalue weighted by atomic mass is 19.1. The van der Waals surface area contributed by atoms with Gasteiger partial charge in [-0.25, -0.2) is 8.78 Å². The normalized spacial score (nSPS) is 10.0. The molecule has 0 bridgehead atoms. The van der Waals surface area contributed by atoms with Gasteiger partial charge >= 0.3 is 0 Å². The van der Waals surface area contributed by atoms with Gasteiger partial charge in [-0.2, -0.15) is 5.10 Å². The van der Waals surface area contributed by atoms with E-state index in [1.807, 2.05) is 0 Å². The Bertz CT molecular complexity index is 953. The molecule has 3 rings (SSSR count). The highest BCUT2D eigenvalue weighted by molar-refractivity contribution is 5.93. The Morgan fingerprint density at radius 1 is 1.12 bits per heavy atom. The third-order valence-corrected chi connectivity index (χ3v) is 3.40. The first-order valence-corrected chi connectivity index (χ1v) is 7.46. The van der Waals surface area contributed by atoms with E-state index in [0.29, 0.717) is 11.3 Å². The first-order valence-electron chi connectivity index (χ1n) is 7.46. The van der Waals surface area contributed by atoms with E-state index in [1.165, 1.54) is 18.2 Å². The molecule has 0 spiro atoms. The van der Waals surface area contributed by atoms with E-state index in [2.05, 4.69) is 27.4 Å². The van der Waals surface area contributed by atoms with Gasteiger partial charge in [0.2, 0.25) is 0 Å². The van der Waals surface area contributed by atoms with Crippen molar-refractivity contribution in [2.45, 2.75) is 0 Å².